The first-order valence-corrected chi connectivity index (χ1v) is 8.52. The molecule has 0 aliphatic carbocycles. The topological polar surface area (TPSA) is 37.4 Å². The van der Waals surface area contributed by atoms with Gasteiger partial charge in [0.2, 0.25) is 0 Å². The van der Waals surface area contributed by atoms with Crippen molar-refractivity contribution in [2.45, 2.75) is 0 Å². The van der Waals surface area contributed by atoms with E-state index in [4.69, 9.17) is 28.6 Å². The van der Waals surface area contributed by atoms with Crippen LogP contribution in [0.3, 0.4) is 0 Å². The summed E-state index contributed by atoms with van der Waals surface area (Å²) in [4.78, 5) is 7.03. The molecule has 1 aliphatic heterocycles. The maximum absolute atomic E-state index is 5.92. The minimum atomic E-state index is 0.649. The van der Waals surface area contributed by atoms with Gasteiger partial charge in [-0.1, -0.05) is 23.8 Å². The van der Waals surface area contributed by atoms with Crippen LogP contribution in [0.2, 0.25) is 5.02 Å². The molecule has 2 aromatic rings. The van der Waals surface area contributed by atoms with Crippen LogP contribution >= 0.6 is 23.8 Å². The van der Waals surface area contributed by atoms with Crippen LogP contribution < -0.4 is 5.32 Å². The number of nitrogens with one attached hydrogen (secondary N) is 1. The lowest BCUT2D eigenvalue weighted by molar-refractivity contribution is 0.0640. The molecule has 0 saturated carbocycles. The molecule has 0 unspecified atom stereocenters. The number of pyridine rings is 1. The van der Waals surface area contributed by atoms with Gasteiger partial charge in [-0.25, -0.2) is 0 Å². The maximum atomic E-state index is 5.92. The van der Waals surface area contributed by atoms with E-state index < -0.39 is 0 Å². The van der Waals surface area contributed by atoms with Gasteiger partial charge in [0.05, 0.1) is 13.2 Å². The smallest absolute Gasteiger partial charge is 0.105 e. The lowest BCUT2D eigenvalue weighted by Gasteiger charge is -2.31. The fraction of sp³-hybridized carbons (Fsp3) is 0.222. The average Bonchev–Trinajstić information content (AvgIpc) is 2.63. The van der Waals surface area contributed by atoms with Crippen LogP contribution in [0.15, 0.2) is 54.9 Å². The van der Waals surface area contributed by atoms with Crippen molar-refractivity contribution in [2.75, 3.05) is 31.6 Å². The molecule has 124 valence electrons. The monoisotopic (exact) mass is 359 g/mol. The normalized spacial score (nSPS) is 15.2. The molecule has 0 spiro atoms. The Morgan fingerprint density at radius 1 is 1.12 bits per heavy atom. The second-order valence-corrected chi connectivity index (χ2v) is 6.24. The SMILES string of the molecule is S=C(C=C(c1ccncc1)N1CCOCC1)Nc1ccc(Cl)cc1. The van der Waals surface area contributed by atoms with Gasteiger partial charge in [0.1, 0.15) is 4.99 Å². The average molecular weight is 360 g/mol. The molecule has 0 radical (unpaired) electrons. The van der Waals surface area contributed by atoms with Gasteiger partial charge in [0.25, 0.3) is 0 Å². The van der Waals surface area contributed by atoms with Gasteiger partial charge in [-0.05, 0) is 42.5 Å². The van der Waals surface area contributed by atoms with E-state index in [9.17, 15) is 0 Å². The summed E-state index contributed by atoms with van der Waals surface area (Å²) in [6, 6.07) is 11.5. The van der Waals surface area contributed by atoms with Crippen molar-refractivity contribution in [1.82, 2.24) is 9.88 Å². The fourth-order valence-electron chi connectivity index (χ4n) is 2.52. The highest BCUT2D eigenvalue weighted by Crippen LogP contribution is 2.21. The number of morpholine rings is 1. The van der Waals surface area contributed by atoms with E-state index in [1.165, 1.54) is 0 Å². The number of rotatable bonds is 4. The van der Waals surface area contributed by atoms with Crippen LogP contribution in [-0.4, -0.2) is 41.2 Å². The highest BCUT2D eigenvalue weighted by atomic mass is 35.5. The van der Waals surface area contributed by atoms with E-state index >= 15 is 0 Å². The lowest BCUT2D eigenvalue weighted by atomic mass is 10.1. The molecule has 1 aromatic carbocycles. The molecule has 0 atom stereocenters. The van der Waals surface area contributed by atoms with E-state index in [1.54, 1.807) is 12.4 Å². The van der Waals surface area contributed by atoms with E-state index in [1.807, 2.05) is 42.5 Å². The van der Waals surface area contributed by atoms with Gasteiger partial charge in [0, 0.05) is 47.5 Å². The van der Waals surface area contributed by atoms with Crippen molar-refractivity contribution in [3.63, 3.8) is 0 Å². The van der Waals surface area contributed by atoms with E-state index in [-0.39, 0.29) is 0 Å². The molecular formula is C18H18ClN3OS. The van der Waals surface area contributed by atoms with Gasteiger partial charge in [-0.2, -0.15) is 0 Å². The summed E-state index contributed by atoms with van der Waals surface area (Å²) in [5, 5.41) is 3.93. The zero-order valence-corrected chi connectivity index (χ0v) is 14.7. The number of ether oxygens (including phenoxy) is 1. The summed E-state index contributed by atoms with van der Waals surface area (Å²) in [5.74, 6) is 0. The molecular weight excluding hydrogens is 342 g/mol. The predicted octanol–water partition coefficient (Wildman–Crippen LogP) is 3.85. The molecule has 0 bridgehead atoms. The third kappa shape index (κ3) is 4.54. The summed E-state index contributed by atoms with van der Waals surface area (Å²) in [6.07, 6.45) is 5.57. The number of anilines is 1. The first kappa shape index (κ1) is 16.9. The molecule has 4 nitrogen and oxygen atoms in total. The number of benzene rings is 1. The summed E-state index contributed by atoms with van der Waals surface area (Å²) < 4.78 is 5.46. The van der Waals surface area contributed by atoms with Crippen LogP contribution in [-0.2, 0) is 4.74 Å². The summed E-state index contributed by atoms with van der Waals surface area (Å²) >= 11 is 11.4. The largest absolute Gasteiger partial charge is 0.378 e. The summed E-state index contributed by atoms with van der Waals surface area (Å²) in [6.45, 7) is 3.13. The number of hydrogen-bond donors (Lipinski definition) is 1. The Kier molecular flexibility index (Phi) is 5.80. The van der Waals surface area contributed by atoms with Crippen molar-refractivity contribution in [2.24, 2.45) is 0 Å². The number of hydrogen-bond acceptors (Lipinski definition) is 4. The van der Waals surface area contributed by atoms with Gasteiger partial charge < -0.3 is 15.0 Å². The zero-order valence-electron chi connectivity index (χ0n) is 13.1. The number of aromatic nitrogens is 1. The molecule has 1 saturated heterocycles. The number of halogens is 1. The highest BCUT2D eigenvalue weighted by Gasteiger charge is 2.16. The van der Waals surface area contributed by atoms with Crippen LogP contribution in [0.5, 0.6) is 0 Å². The van der Waals surface area contributed by atoms with Crippen LogP contribution in [0.1, 0.15) is 5.56 Å². The van der Waals surface area contributed by atoms with Gasteiger partial charge in [-0.3, -0.25) is 4.98 Å². The first-order chi connectivity index (χ1) is 11.7. The highest BCUT2D eigenvalue weighted by molar-refractivity contribution is 7.81. The molecule has 1 aromatic heterocycles. The van der Waals surface area contributed by atoms with Crippen LogP contribution in [0, 0.1) is 0 Å². The van der Waals surface area contributed by atoms with E-state index in [0.717, 1.165) is 43.3 Å². The van der Waals surface area contributed by atoms with Crippen molar-refractivity contribution >= 4 is 40.2 Å². The number of thiocarbonyl (C=S) groups is 1. The Labute approximate surface area is 152 Å². The van der Waals surface area contributed by atoms with Gasteiger partial charge in [-0.15, -0.1) is 0 Å². The minimum Gasteiger partial charge on any atom is -0.378 e. The maximum Gasteiger partial charge on any atom is 0.105 e. The molecule has 1 fully saturated rings. The van der Waals surface area contributed by atoms with Crippen molar-refractivity contribution in [3.8, 4) is 0 Å². The lowest BCUT2D eigenvalue weighted by Crippen LogP contribution is -2.35. The third-order valence-corrected chi connectivity index (χ3v) is 4.18. The second-order valence-electron chi connectivity index (χ2n) is 5.36. The van der Waals surface area contributed by atoms with Crippen molar-refractivity contribution < 1.29 is 4.74 Å². The Bertz CT molecular complexity index is 713. The Morgan fingerprint density at radius 3 is 2.46 bits per heavy atom. The van der Waals surface area contributed by atoms with Crippen LogP contribution in [0.25, 0.3) is 5.70 Å². The van der Waals surface area contributed by atoms with Crippen molar-refractivity contribution in [3.05, 3.63) is 65.5 Å². The van der Waals surface area contributed by atoms with E-state index in [0.29, 0.717) is 10.0 Å². The molecule has 6 heteroatoms. The molecule has 1 aliphatic rings. The molecule has 24 heavy (non-hydrogen) atoms. The first-order valence-electron chi connectivity index (χ1n) is 7.74. The molecule has 3 rings (SSSR count). The quantitative estimate of drug-likeness (QED) is 0.663. The van der Waals surface area contributed by atoms with Crippen molar-refractivity contribution in [1.29, 1.82) is 0 Å². The minimum absolute atomic E-state index is 0.649. The Balaban J connectivity index is 1.82. The summed E-state index contributed by atoms with van der Waals surface area (Å²) in [5.41, 5.74) is 3.08. The van der Waals surface area contributed by atoms with Crippen LogP contribution in [0.4, 0.5) is 5.69 Å². The third-order valence-electron chi connectivity index (χ3n) is 3.71. The standard InChI is InChI=1S/C18H18ClN3OS/c19-15-1-3-16(4-2-15)21-18(24)13-17(14-5-7-20-8-6-14)22-9-11-23-12-10-22/h1-8,13H,9-12H2,(H,21,24). The molecule has 1 N–H and O–H groups in total. The van der Waals surface area contributed by atoms with E-state index in [2.05, 4.69) is 15.2 Å². The summed E-state index contributed by atoms with van der Waals surface area (Å²) in [7, 11) is 0. The predicted molar refractivity (Wildman–Crippen MR) is 102 cm³/mol. The Morgan fingerprint density at radius 2 is 1.79 bits per heavy atom. The van der Waals surface area contributed by atoms with Gasteiger partial charge >= 0.3 is 0 Å². The molecule has 2 heterocycles. The fourth-order valence-corrected chi connectivity index (χ4v) is 2.88. The number of nitrogens with zero attached hydrogens (tertiary/aromatic N) is 2. The second kappa shape index (κ2) is 8.24. The zero-order chi connectivity index (χ0) is 16.8. The molecule has 0 amide bonds. The van der Waals surface area contributed by atoms with Gasteiger partial charge in [0.15, 0.2) is 0 Å². The Hall–Kier alpha value is -1.95.